The summed E-state index contributed by atoms with van der Waals surface area (Å²) < 4.78 is 10.6. The zero-order chi connectivity index (χ0) is 13.9. The number of carboxylic acids is 1. The maximum absolute atomic E-state index is 11.4. The summed E-state index contributed by atoms with van der Waals surface area (Å²) in [6, 6.07) is 1.63. The molecule has 0 saturated carbocycles. The molecule has 0 spiro atoms. The van der Waals surface area contributed by atoms with Crippen molar-refractivity contribution in [1.29, 1.82) is 0 Å². The normalized spacial score (nSPS) is 22.5. The Morgan fingerprint density at radius 2 is 2.42 bits per heavy atom. The molecule has 7 heteroatoms. The number of rotatable bonds is 5. The average molecular weight is 267 g/mol. The fourth-order valence-corrected chi connectivity index (χ4v) is 1.81. The van der Waals surface area contributed by atoms with E-state index in [9.17, 15) is 9.90 Å². The van der Waals surface area contributed by atoms with Crippen LogP contribution in [-0.2, 0) is 9.53 Å². The van der Waals surface area contributed by atoms with E-state index in [1.54, 1.807) is 6.07 Å². The van der Waals surface area contributed by atoms with E-state index in [0.717, 1.165) is 0 Å². The van der Waals surface area contributed by atoms with Crippen molar-refractivity contribution in [3.63, 3.8) is 0 Å². The number of aliphatic carboxylic acids is 1. The van der Waals surface area contributed by atoms with E-state index >= 15 is 0 Å². The van der Waals surface area contributed by atoms with Gasteiger partial charge in [-0.15, -0.1) is 0 Å². The van der Waals surface area contributed by atoms with Gasteiger partial charge in [-0.2, -0.15) is 4.98 Å². The van der Waals surface area contributed by atoms with Crippen molar-refractivity contribution in [1.82, 2.24) is 9.97 Å². The highest BCUT2D eigenvalue weighted by atomic mass is 16.5. The fourth-order valence-electron chi connectivity index (χ4n) is 1.81. The van der Waals surface area contributed by atoms with Crippen LogP contribution in [0.2, 0.25) is 0 Å². The first-order valence-corrected chi connectivity index (χ1v) is 6.11. The van der Waals surface area contributed by atoms with E-state index in [0.29, 0.717) is 18.9 Å². The molecule has 1 aromatic heterocycles. The van der Waals surface area contributed by atoms with Crippen molar-refractivity contribution in [2.75, 3.05) is 18.5 Å². The van der Waals surface area contributed by atoms with Crippen LogP contribution in [-0.4, -0.2) is 45.9 Å². The monoisotopic (exact) mass is 267 g/mol. The minimum Gasteiger partial charge on any atom is -0.479 e. The maximum Gasteiger partial charge on any atom is 0.331 e. The SMILES string of the molecule is CC(C)Oc1ccnc(NC2(C(=O)O)CCOC2)n1. The van der Waals surface area contributed by atoms with Crippen LogP contribution in [0.3, 0.4) is 0 Å². The number of anilines is 1. The van der Waals surface area contributed by atoms with Crippen LogP contribution in [0.5, 0.6) is 5.88 Å². The van der Waals surface area contributed by atoms with E-state index in [-0.39, 0.29) is 18.7 Å². The summed E-state index contributed by atoms with van der Waals surface area (Å²) in [5, 5.41) is 12.2. The van der Waals surface area contributed by atoms with Crippen molar-refractivity contribution in [2.45, 2.75) is 31.9 Å². The minimum atomic E-state index is -1.16. The summed E-state index contributed by atoms with van der Waals surface area (Å²) in [5.41, 5.74) is -1.16. The van der Waals surface area contributed by atoms with E-state index in [4.69, 9.17) is 9.47 Å². The second-order valence-electron chi connectivity index (χ2n) is 4.70. The summed E-state index contributed by atoms with van der Waals surface area (Å²) in [6.07, 6.45) is 1.89. The van der Waals surface area contributed by atoms with Gasteiger partial charge in [-0.1, -0.05) is 0 Å². The highest BCUT2D eigenvalue weighted by Gasteiger charge is 2.43. The van der Waals surface area contributed by atoms with Gasteiger partial charge in [-0.25, -0.2) is 9.78 Å². The fraction of sp³-hybridized carbons (Fsp3) is 0.583. The highest BCUT2D eigenvalue weighted by molar-refractivity contribution is 5.82. The Hall–Kier alpha value is -1.89. The predicted octanol–water partition coefficient (Wildman–Crippen LogP) is 0.919. The molecule has 0 amide bonds. The molecule has 19 heavy (non-hydrogen) atoms. The molecular formula is C12H17N3O4. The molecule has 1 fully saturated rings. The van der Waals surface area contributed by atoms with Gasteiger partial charge in [-0.05, 0) is 13.8 Å². The molecule has 2 heterocycles. The van der Waals surface area contributed by atoms with Crippen LogP contribution in [0.4, 0.5) is 5.95 Å². The van der Waals surface area contributed by atoms with E-state index in [1.165, 1.54) is 6.20 Å². The Bertz CT molecular complexity index is 458. The van der Waals surface area contributed by atoms with Gasteiger partial charge in [0.15, 0.2) is 5.54 Å². The van der Waals surface area contributed by atoms with Crippen molar-refractivity contribution in [2.24, 2.45) is 0 Å². The second-order valence-corrected chi connectivity index (χ2v) is 4.70. The molecule has 0 aliphatic carbocycles. The Morgan fingerprint density at radius 3 is 3.00 bits per heavy atom. The third-order valence-corrected chi connectivity index (χ3v) is 2.77. The van der Waals surface area contributed by atoms with Crippen molar-refractivity contribution < 1.29 is 19.4 Å². The van der Waals surface area contributed by atoms with E-state index in [1.807, 2.05) is 13.8 Å². The van der Waals surface area contributed by atoms with E-state index in [2.05, 4.69) is 15.3 Å². The quantitative estimate of drug-likeness (QED) is 0.819. The van der Waals surface area contributed by atoms with Crippen molar-refractivity contribution in [3.05, 3.63) is 12.3 Å². The van der Waals surface area contributed by atoms with Crippen LogP contribution in [0.1, 0.15) is 20.3 Å². The highest BCUT2D eigenvalue weighted by Crippen LogP contribution is 2.23. The van der Waals surface area contributed by atoms with Crippen LogP contribution in [0.15, 0.2) is 12.3 Å². The molecule has 1 atom stereocenters. The lowest BCUT2D eigenvalue weighted by molar-refractivity contribution is -0.142. The summed E-state index contributed by atoms with van der Waals surface area (Å²) in [6.45, 7) is 4.28. The lowest BCUT2D eigenvalue weighted by Crippen LogP contribution is -2.47. The largest absolute Gasteiger partial charge is 0.479 e. The van der Waals surface area contributed by atoms with Gasteiger partial charge < -0.3 is 19.9 Å². The second kappa shape index (κ2) is 5.40. The van der Waals surface area contributed by atoms with Crippen molar-refractivity contribution in [3.8, 4) is 5.88 Å². The average Bonchev–Trinajstić information content (AvgIpc) is 2.78. The Balaban J connectivity index is 2.15. The number of hydrogen-bond acceptors (Lipinski definition) is 6. The molecule has 104 valence electrons. The molecule has 1 aliphatic rings. The van der Waals surface area contributed by atoms with Gasteiger partial charge in [0, 0.05) is 25.3 Å². The lowest BCUT2D eigenvalue weighted by atomic mass is 9.99. The van der Waals surface area contributed by atoms with Crippen LogP contribution >= 0.6 is 0 Å². The number of aromatic nitrogens is 2. The topological polar surface area (TPSA) is 93.6 Å². The predicted molar refractivity (Wildman–Crippen MR) is 67.2 cm³/mol. The summed E-state index contributed by atoms with van der Waals surface area (Å²) in [7, 11) is 0. The first kappa shape index (κ1) is 13.5. The standard InChI is InChI=1S/C12H17N3O4/c1-8(2)19-9-3-5-13-11(14-9)15-12(10(16)17)4-6-18-7-12/h3,5,8H,4,6-7H2,1-2H3,(H,16,17)(H,13,14,15). The molecule has 0 aromatic carbocycles. The van der Waals surface area contributed by atoms with Gasteiger partial charge >= 0.3 is 5.97 Å². The van der Waals surface area contributed by atoms with Gasteiger partial charge in [-0.3, -0.25) is 0 Å². The molecule has 7 nitrogen and oxygen atoms in total. The molecule has 1 aromatic rings. The molecule has 1 aliphatic heterocycles. The number of hydrogen-bond donors (Lipinski definition) is 2. The molecule has 1 saturated heterocycles. The number of carbonyl (C=O) groups is 1. The lowest BCUT2D eigenvalue weighted by Gasteiger charge is -2.23. The summed E-state index contributed by atoms with van der Waals surface area (Å²) in [4.78, 5) is 19.5. The Kier molecular flexibility index (Phi) is 3.84. The van der Waals surface area contributed by atoms with Gasteiger partial charge in [0.05, 0.1) is 12.7 Å². The first-order chi connectivity index (χ1) is 9.02. The first-order valence-electron chi connectivity index (χ1n) is 6.11. The molecule has 0 radical (unpaired) electrons. The zero-order valence-electron chi connectivity index (χ0n) is 10.9. The molecule has 1 unspecified atom stereocenters. The van der Waals surface area contributed by atoms with Crippen LogP contribution in [0, 0.1) is 0 Å². The third kappa shape index (κ3) is 3.11. The number of nitrogens with zero attached hydrogens (tertiary/aromatic N) is 2. The molecule has 2 N–H and O–H groups in total. The maximum atomic E-state index is 11.4. The molecule has 2 rings (SSSR count). The van der Waals surface area contributed by atoms with Crippen LogP contribution < -0.4 is 10.1 Å². The number of ether oxygens (including phenoxy) is 2. The zero-order valence-corrected chi connectivity index (χ0v) is 10.9. The summed E-state index contributed by atoms with van der Waals surface area (Å²) >= 11 is 0. The summed E-state index contributed by atoms with van der Waals surface area (Å²) in [5.74, 6) is -0.332. The Morgan fingerprint density at radius 1 is 1.63 bits per heavy atom. The number of nitrogens with one attached hydrogen (secondary N) is 1. The van der Waals surface area contributed by atoms with Gasteiger partial charge in [0.2, 0.25) is 11.8 Å². The molecular weight excluding hydrogens is 250 g/mol. The van der Waals surface area contributed by atoms with Crippen molar-refractivity contribution >= 4 is 11.9 Å². The minimum absolute atomic E-state index is 0.00834. The third-order valence-electron chi connectivity index (χ3n) is 2.77. The number of carboxylic acid groups (broad SMARTS) is 1. The molecule has 0 bridgehead atoms. The van der Waals surface area contributed by atoms with Gasteiger partial charge in [0.25, 0.3) is 0 Å². The van der Waals surface area contributed by atoms with Crippen LogP contribution in [0.25, 0.3) is 0 Å². The van der Waals surface area contributed by atoms with Gasteiger partial charge in [0.1, 0.15) is 0 Å². The van der Waals surface area contributed by atoms with E-state index < -0.39 is 11.5 Å². The Labute approximate surface area is 111 Å². The smallest absolute Gasteiger partial charge is 0.331 e.